The lowest BCUT2D eigenvalue weighted by Gasteiger charge is -2.35. The van der Waals surface area contributed by atoms with E-state index in [0.717, 1.165) is 25.8 Å². The number of aromatic nitrogens is 2. The lowest BCUT2D eigenvalue weighted by molar-refractivity contribution is -0.295. The fourth-order valence-electron chi connectivity index (χ4n) is 3.27. The second-order valence-electron chi connectivity index (χ2n) is 7.01. The monoisotopic (exact) mass is 434 g/mol. The first-order valence-corrected chi connectivity index (χ1v) is 9.36. The number of carbonyl (C=O) groups is 1. The van der Waals surface area contributed by atoms with Gasteiger partial charge in [0.2, 0.25) is 5.91 Å². The van der Waals surface area contributed by atoms with Crippen molar-refractivity contribution in [1.29, 1.82) is 0 Å². The second-order valence-corrected chi connectivity index (χ2v) is 7.01. The van der Waals surface area contributed by atoms with E-state index in [1.165, 1.54) is 18.5 Å². The van der Waals surface area contributed by atoms with Crippen molar-refractivity contribution in [2.24, 2.45) is 0 Å². The normalized spacial score (nSPS) is 18.0. The number of anilines is 1. The van der Waals surface area contributed by atoms with Gasteiger partial charge in [-0.2, -0.15) is 0 Å². The molecule has 1 fully saturated rings. The van der Waals surface area contributed by atoms with Gasteiger partial charge in [0.25, 0.3) is 6.43 Å². The number of fused-ring (bicyclic) bond motifs is 1. The van der Waals surface area contributed by atoms with Gasteiger partial charge < -0.3 is 15.3 Å². The maximum Gasteiger partial charge on any atom is 0.519 e. The Labute approximate surface area is 170 Å². The van der Waals surface area contributed by atoms with Crippen molar-refractivity contribution in [2.45, 2.75) is 58.0 Å². The van der Waals surface area contributed by atoms with Crippen LogP contribution < -0.4 is 5.32 Å². The van der Waals surface area contributed by atoms with E-state index in [1.807, 2.05) is 4.90 Å². The number of alkyl halides is 5. The van der Waals surface area contributed by atoms with Crippen LogP contribution in [0.5, 0.6) is 0 Å². The molecule has 1 aliphatic rings. The Balaban J connectivity index is 0.000000575. The summed E-state index contributed by atoms with van der Waals surface area (Å²) in [6, 6.07) is 4.07. The molecule has 3 rings (SSSR count). The van der Waals surface area contributed by atoms with Crippen molar-refractivity contribution in [2.75, 3.05) is 11.9 Å². The maximum absolute atomic E-state index is 12.8. The third-order valence-corrected chi connectivity index (χ3v) is 4.72. The number of likely N-dealkylation sites (tertiary alicyclic amines) is 1. The van der Waals surface area contributed by atoms with Crippen LogP contribution in [0.1, 0.15) is 45.1 Å². The van der Waals surface area contributed by atoms with Crippen molar-refractivity contribution in [3.8, 4) is 0 Å². The van der Waals surface area contributed by atoms with Crippen molar-refractivity contribution < 1.29 is 31.9 Å². The third kappa shape index (κ3) is 6.75. The number of amides is 1. The average Bonchev–Trinajstić information content (AvgIpc) is 2.66. The number of carbonyl (C=O) groups excluding carboxylic acids is 1. The fourth-order valence-corrected chi connectivity index (χ4v) is 3.27. The predicted molar refractivity (Wildman–Crippen MR) is 101 cm³/mol. The summed E-state index contributed by atoms with van der Waals surface area (Å²) in [6.45, 7) is 4.63. The molecule has 0 aliphatic carbocycles. The van der Waals surface area contributed by atoms with E-state index in [1.54, 1.807) is 13.0 Å². The van der Waals surface area contributed by atoms with Crippen LogP contribution in [-0.2, 0) is 4.79 Å². The minimum atomic E-state index is -5.00. The number of nitrogens with one attached hydrogen (secondary N) is 1. The van der Waals surface area contributed by atoms with Crippen LogP contribution in [-0.4, -0.2) is 50.9 Å². The Morgan fingerprint density at radius 1 is 1.27 bits per heavy atom. The van der Waals surface area contributed by atoms with Gasteiger partial charge in [0.1, 0.15) is 18.2 Å². The number of benzene rings is 1. The third-order valence-electron chi connectivity index (χ3n) is 4.72. The van der Waals surface area contributed by atoms with E-state index in [2.05, 4.69) is 22.2 Å². The zero-order valence-corrected chi connectivity index (χ0v) is 16.5. The number of halogens is 5. The molecule has 2 atom stereocenters. The molecule has 6 nitrogen and oxygen atoms in total. The highest BCUT2D eigenvalue weighted by atomic mass is 19.4. The molecule has 11 heteroatoms. The molecule has 2 aromatic rings. The molecular formula is C19H23F5N4O2. The topological polar surface area (TPSA) is 78.4 Å². The summed E-state index contributed by atoms with van der Waals surface area (Å²) in [5.41, 5.74) is 0.352. The summed E-state index contributed by atoms with van der Waals surface area (Å²) in [4.78, 5) is 22.9. The number of hydrogen-bond donors (Lipinski definition) is 2. The highest BCUT2D eigenvalue weighted by Gasteiger charge is 2.27. The van der Waals surface area contributed by atoms with E-state index in [0.29, 0.717) is 16.7 Å². The van der Waals surface area contributed by atoms with E-state index < -0.39 is 18.8 Å². The first-order chi connectivity index (χ1) is 14.0. The van der Waals surface area contributed by atoms with Gasteiger partial charge in [-0.1, -0.05) is 6.07 Å². The molecule has 1 aliphatic heterocycles. The van der Waals surface area contributed by atoms with E-state index >= 15 is 0 Å². The van der Waals surface area contributed by atoms with Crippen LogP contribution in [0.4, 0.5) is 27.8 Å². The fraction of sp³-hybridized carbons (Fsp3) is 0.526. The quantitative estimate of drug-likeness (QED) is 0.703. The van der Waals surface area contributed by atoms with Crippen molar-refractivity contribution >= 4 is 22.6 Å². The molecule has 1 saturated heterocycles. The molecular weight excluding hydrogens is 411 g/mol. The summed E-state index contributed by atoms with van der Waals surface area (Å²) < 4.78 is 55.4. The van der Waals surface area contributed by atoms with Crippen LogP contribution in [0.2, 0.25) is 0 Å². The highest BCUT2D eigenvalue weighted by Crippen LogP contribution is 2.26. The minimum absolute atomic E-state index is 0.0307. The van der Waals surface area contributed by atoms with E-state index in [4.69, 9.17) is 5.11 Å². The first-order valence-electron chi connectivity index (χ1n) is 9.36. The number of hydrogen-bond acceptors (Lipinski definition) is 5. The second kappa shape index (κ2) is 9.96. The van der Waals surface area contributed by atoms with Gasteiger partial charge in [0, 0.05) is 23.5 Å². The van der Waals surface area contributed by atoms with Crippen LogP contribution in [0.3, 0.4) is 0 Å². The Morgan fingerprint density at radius 2 is 1.93 bits per heavy atom. The molecule has 0 radical (unpaired) electrons. The number of aliphatic hydroxyl groups is 1. The molecule has 1 aromatic carbocycles. The van der Waals surface area contributed by atoms with Crippen LogP contribution >= 0.6 is 0 Å². The van der Waals surface area contributed by atoms with Crippen LogP contribution in [0, 0.1) is 0 Å². The van der Waals surface area contributed by atoms with E-state index in [9.17, 15) is 26.7 Å². The van der Waals surface area contributed by atoms with Crippen LogP contribution in [0.25, 0.3) is 10.9 Å². The van der Waals surface area contributed by atoms with Crippen molar-refractivity contribution in [1.82, 2.24) is 14.9 Å². The van der Waals surface area contributed by atoms with Crippen molar-refractivity contribution in [3.05, 3.63) is 30.1 Å². The molecule has 1 aromatic heterocycles. The summed E-state index contributed by atoms with van der Waals surface area (Å²) in [6.07, 6.45) is -3.03. The lowest BCUT2D eigenvalue weighted by Crippen LogP contribution is -2.48. The smallest absolute Gasteiger partial charge is 0.358 e. The zero-order valence-electron chi connectivity index (χ0n) is 16.5. The van der Waals surface area contributed by atoms with Gasteiger partial charge >= 0.3 is 6.36 Å². The number of nitrogens with zero attached hydrogens (tertiary/aromatic N) is 3. The molecule has 2 N–H and O–H groups in total. The molecule has 1 unspecified atom stereocenters. The Kier molecular flexibility index (Phi) is 7.88. The van der Waals surface area contributed by atoms with Gasteiger partial charge in [-0.05, 0) is 45.2 Å². The number of piperidine rings is 1. The summed E-state index contributed by atoms with van der Waals surface area (Å²) in [7, 11) is 0. The zero-order chi connectivity index (χ0) is 22.5. The highest BCUT2D eigenvalue weighted by molar-refractivity contribution is 5.92. The van der Waals surface area contributed by atoms with Crippen LogP contribution in [0.15, 0.2) is 24.5 Å². The van der Waals surface area contributed by atoms with Gasteiger partial charge in [-0.15, -0.1) is 13.2 Å². The molecule has 2 heterocycles. The van der Waals surface area contributed by atoms with Crippen molar-refractivity contribution in [3.63, 3.8) is 0 Å². The molecule has 0 saturated carbocycles. The molecule has 1 amide bonds. The predicted octanol–water partition coefficient (Wildman–Crippen LogP) is 4.27. The average molecular weight is 434 g/mol. The van der Waals surface area contributed by atoms with Gasteiger partial charge in [0.15, 0.2) is 0 Å². The Morgan fingerprint density at radius 3 is 2.53 bits per heavy atom. The SMILES string of the molecule is CC1CCCCN1C(=O)[C@@H](C)Nc1ncnc2cc(C(F)F)ccc12.OC(F)(F)F. The Hall–Kier alpha value is -2.56. The molecule has 0 bridgehead atoms. The standard InChI is InChI=1S/C18H22F2N4O.CHF3O/c1-11-5-3-4-8-24(11)18(25)12(2)23-17-14-7-6-13(16(19)20)9-15(14)21-10-22-17;2-1(3,4)5/h6-7,9-12,16H,3-5,8H2,1-2H3,(H,21,22,23);5H/t11?,12-;/m1./s1. The Bertz CT molecular complexity index is 856. The van der Waals surface area contributed by atoms with Gasteiger partial charge in [-0.25, -0.2) is 18.7 Å². The molecule has 30 heavy (non-hydrogen) atoms. The number of rotatable bonds is 4. The first kappa shape index (κ1) is 23.7. The minimum Gasteiger partial charge on any atom is -0.358 e. The maximum atomic E-state index is 12.8. The summed E-state index contributed by atoms with van der Waals surface area (Å²) >= 11 is 0. The largest absolute Gasteiger partial charge is 0.519 e. The summed E-state index contributed by atoms with van der Waals surface area (Å²) in [5, 5.41) is 10.3. The summed E-state index contributed by atoms with van der Waals surface area (Å²) in [5.74, 6) is 0.513. The van der Waals surface area contributed by atoms with Gasteiger partial charge in [-0.3, -0.25) is 4.79 Å². The molecule has 166 valence electrons. The lowest BCUT2D eigenvalue weighted by atomic mass is 10.0. The van der Waals surface area contributed by atoms with E-state index in [-0.39, 0.29) is 17.5 Å². The van der Waals surface area contributed by atoms with Gasteiger partial charge in [0.05, 0.1) is 5.52 Å². The molecule has 0 spiro atoms.